The Hall–Kier alpha value is -0.840. The van der Waals surface area contributed by atoms with Gasteiger partial charge in [0.25, 0.3) is 0 Å². The molecule has 0 fully saturated rings. The van der Waals surface area contributed by atoms with E-state index in [0.29, 0.717) is 6.61 Å². The van der Waals surface area contributed by atoms with E-state index in [0.717, 1.165) is 0 Å². The minimum atomic E-state index is -0.543. The monoisotopic (exact) mass is 263 g/mol. The van der Waals surface area contributed by atoms with Crippen LogP contribution < -0.4 is 0 Å². The highest BCUT2D eigenvalue weighted by atomic mass is 35.5. The molecule has 4 nitrogen and oxygen atoms in total. The van der Waals surface area contributed by atoms with Crippen LogP contribution in [0.1, 0.15) is 17.3 Å². The van der Waals surface area contributed by atoms with Gasteiger partial charge in [-0.25, -0.2) is 9.78 Å². The second kappa shape index (κ2) is 6.03. The molecule has 0 radical (unpaired) electrons. The van der Waals surface area contributed by atoms with Gasteiger partial charge in [0.2, 0.25) is 0 Å². The van der Waals surface area contributed by atoms with Crippen molar-refractivity contribution < 1.29 is 14.3 Å². The molecule has 1 rings (SSSR count). The van der Waals surface area contributed by atoms with E-state index in [9.17, 15) is 4.79 Å². The Bertz CT molecular complexity index is 384. The zero-order valence-electron chi connectivity index (χ0n) is 8.87. The molecule has 6 heteroatoms. The van der Waals surface area contributed by atoms with Crippen molar-refractivity contribution >= 4 is 29.2 Å². The summed E-state index contributed by atoms with van der Waals surface area (Å²) in [5.41, 5.74) is 0.199. The lowest BCUT2D eigenvalue weighted by atomic mass is 10.3. The number of hydrogen-bond donors (Lipinski definition) is 0. The Balaban J connectivity index is 2.76. The molecule has 0 saturated heterocycles. The molecule has 0 aliphatic rings. The highest BCUT2D eigenvalue weighted by molar-refractivity contribution is 6.34. The summed E-state index contributed by atoms with van der Waals surface area (Å²) in [7, 11) is 1.53. The summed E-state index contributed by atoms with van der Waals surface area (Å²) in [4.78, 5) is 15.4. The molecule has 0 aromatic carbocycles. The minimum Gasteiger partial charge on any atom is -0.457 e. The molecular formula is C10H11Cl2NO3. The molecule has 0 aliphatic heterocycles. The second-order valence-electron chi connectivity index (χ2n) is 3.16. The van der Waals surface area contributed by atoms with Crippen molar-refractivity contribution in [1.82, 2.24) is 4.98 Å². The number of methoxy groups -OCH3 is 1. The van der Waals surface area contributed by atoms with E-state index in [1.54, 1.807) is 6.92 Å². The third kappa shape index (κ3) is 3.63. The van der Waals surface area contributed by atoms with Crippen molar-refractivity contribution in [2.24, 2.45) is 0 Å². The lowest BCUT2D eigenvalue weighted by Gasteiger charge is -2.12. The SMILES string of the molecule is COCC(C)OC(=O)c1cc(Cl)ncc1Cl. The van der Waals surface area contributed by atoms with Gasteiger partial charge in [-0.3, -0.25) is 0 Å². The maximum atomic E-state index is 11.7. The number of halogens is 2. The Kier molecular flexibility index (Phi) is 4.99. The van der Waals surface area contributed by atoms with Gasteiger partial charge in [-0.1, -0.05) is 23.2 Å². The van der Waals surface area contributed by atoms with Crippen molar-refractivity contribution in [2.75, 3.05) is 13.7 Å². The Morgan fingerprint density at radius 3 is 2.88 bits per heavy atom. The van der Waals surface area contributed by atoms with E-state index in [1.165, 1.54) is 19.4 Å². The normalized spacial score (nSPS) is 12.2. The Morgan fingerprint density at radius 1 is 1.56 bits per heavy atom. The fraction of sp³-hybridized carbons (Fsp3) is 0.400. The molecule has 0 spiro atoms. The van der Waals surface area contributed by atoms with Crippen molar-refractivity contribution in [2.45, 2.75) is 13.0 Å². The van der Waals surface area contributed by atoms with Crippen molar-refractivity contribution in [3.63, 3.8) is 0 Å². The summed E-state index contributed by atoms with van der Waals surface area (Å²) in [6.45, 7) is 2.04. The standard InChI is InChI=1S/C10H11Cl2NO3/c1-6(5-15-2)16-10(14)7-3-9(12)13-4-8(7)11/h3-4,6H,5H2,1-2H3. The molecule has 0 aliphatic carbocycles. The van der Waals surface area contributed by atoms with Crippen LogP contribution in [0.25, 0.3) is 0 Å². The molecule has 16 heavy (non-hydrogen) atoms. The first-order valence-corrected chi connectivity index (χ1v) is 5.31. The summed E-state index contributed by atoms with van der Waals surface area (Å²) in [5, 5.41) is 0.398. The van der Waals surface area contributed by atoms with Crippen LogP contribution in [0.5, 0.6) is 0 Å². The fourth-order valence-electron chi connectivity index (χ4n) is 1.08. The number of hydrogen-bond acceptors (Lipinski definition) is 4. The van der Waals surface area contributed by atoms with Crippen LogP contribution in [0.15, 0.2) is 12.3 Å². The number of carbonyl (C=O) groups excluding carboxylic acids is 1. The topological polar surface area (TPSA) is 48.4 Å². The van der Waals surface area contributed by atoms with E-state index >= 15 is 0 Å². The van der Waals surface area contributed by atoms with Crippen LogP contribution >= 0.6 is 23.2 Å². The minimum absolute atomic E-state index is 0.191. The zero-order valence-corrected chi connectivity index (χ0v) is 10.4. The van der Waals surface area contributed by atoms with Gasteiger partial charge in [0.1, 0.15) is 11.3 Å². The first-order valence-electron chi connectivity index (χ1n) is 4.55. The summed E-state index contributed by atoms with van der Waals surface area (Å²) in [6.07, 6.45) is 0.960. The quantitative estimate of drug-likeness (QED) is 0.619. The number of ether oxygens (including phenoxy) is 2. The molecule has 1 heterocycles. The number of pyridine rings is 1. The largest absolute Gasteiger partial charge is 0.457 e. The van der Waals surface area contributed by atoms with Crippen LogP contribution in [0.2, 0.25) is 10.2 Å². The summed E-state index contributed by atoms with van der Waals surface area (Å²) >= 11 is 11.5. The molecule has 1 atom stereocenters. The summed E-state index contributed by atoms with van der Waals surface area (Å²) in [5.74, 6) is -0.543. The Morgan fingerprint density at radius 2 is 2.25 bits per heavy atom. The van der Waals surface area contributed by atoms with Gasteiger partial charge in [0, 0.05) is 13.3 Å². The highest BCUT2D eigenvalue weighted by Crippen LogP contribution is 2.19. The van der Waals surface area contributed by atoms with E-state index in [-0.39, 0.29) is 21.8 Å². The van der Waals surface area contributed by atoms with Gasteiger partial charge >= 0.3 is 5.97 Å². The van der Waals surface area contributed by atoms with E-state index in [2.05, 4.69) is 4.98 Å². The fourth-order valence-corrected chi connectivity index (χ4v) is 1.42. The van der Waals surface area contributed by atoms with Crippen LogP contribution in [0.4, 0.5) is 0 Å². The number of nitrogens with zero attached hydrogens (tertiary/aromatic N) is 1. The average Bonchev–Trinajstić information content (AvgIpc) is 2.21. The van der Waals surface area contributed by atoms with Gasteiger partial charge in [0.15, 0.2) is 0 Å². The maximum absolute atomic E-state index is 11.7. The third-order valence-corrected chi connectivity index (χ3v) is 2.26. The van der Waals surface area contributed by atoms with Crippen molar-refractivity contribution in [3.8, 4) is 0 Å². The first-order chi connectivity index (χ1) is 7.54. The molecule has 0 saturated carbocycles. The Labute approximate surface area is 103 Å². The lowest BCUT2D eigenvalue weighted by Crippen LogP contribution is -2.20. The van der Waals surface area contributed by atoms with Gasteiger partial charge in [-0.15, -0.1) is 0 Å². The molecule has 1 unspecified atom stereocenters. The molecule has 0 amide bonds. The summed E-state index contributed by atoms with van der Waals surface area (Å²) in [6, 6.07) is 1.37. The predicted molar refractivity (Wildman–Crippen MR) is 61.0 cm³/mol. The van der Waals surface area contributed by atoms with Gasteiger partial charge in [-0.05, 0) is 13.0 Å². The van der Waals surface area contributed by atoms with Crippen LogP contribution in [-0.4, -0.2) is 30.8 Å². The third-order valence-electron chi connectivity index (χ3n) is 1.75. The van der Waals surface area contributed by atoms with Crippen LogP contribution in [0.3, 0.4) is 0 Å². The van der Waals surface area contributed by atoms with E-state index in [4.69, 9.17) is 32.7 Å². The van der Waals surface area contributed by atoms with Gasteiger partial charge < -0.3 is 9.47 Å². The van der Waals surface area contributed by atoms with Crippen molar-refractivity contribution in [3.05, 3.63) is 28.0 Å². The lowest BCUT2D eigenvalue weighted by molar-refractivity contribution is 0.0120. The zero-order chi connectivity index (χ0) is 12.1. The van der Waals surface area contributed by atoms with Gasteiger partial charge in [0.05, 0.1) is 17.2 Å². The van der Waals surface area contributed by atoms with Crippen LogP contribution in [-0.2, 0) is 9.47 Å². The number of carbonyl (C=O) groups is 1. The molecule has 1 aromatic rings. The molecule has 88 valence electrons. The number of esters is 1. The van der Waals surface area contributed by atoms with E-state index < -0.39 is 5.97 Å². The van der Waals surface area contributed by atoms with Crippen LogP contribution in [0, 0.1) is 0 Å². The average molecular weight is 264 g/mol. The molecular weight excluding hydrogens is 253 g/mol. The smallest absolute Gasteiger partial charge is 0.340 e. The predicted octanol–water partition coefficient (Wildman–Crippen LogP) is 2.58. The summed E-state index contributed by atoms with van der Waals surface area (Å²) < 4.78 is 9.92. The first kappa shape index (κ1) is 13.2. The maximum Gasteiger partial charge on any atom is 0.340 e. The number of rotatable bonds is 4. The highest BCUT2D eigenvalue weighted by Gasteiger charge is 2.16. The second-order valence-corrected chi connectivity index (χ2v) is 3.95. The number of aromatic nitrogens is 1. The molecule has 1 aromatic heterocycles. The molecule has 0 bridgehead atoms. The van der Waals surface area contributed by atoms with Gasteiger partial charge in [-0.2, -0.15) is 0 Å². The van der Waals surface area contributed by atoms with E-state index in [1.807, 2.05) is 0 Å². The van der Waals surface area contributed by atoms with Crippen molar-refractivity contribution in [1.29, 1.82) is 0 Å². The molecule has 0 N–H and O–H groups in total.